The van der Waals surface area contributed by atoms with Gasteiger partial charge >= 0.3 is 0 Å². The Morgan fingerprint density at radius 2 is 1.79 bits per heavy atom. The fourth-order valence-electron chi connectivity index (χ4n) is 4.03. The summed E-state index contributed by atoms with van der Waals surface area (Å²) in [6.45, 7) is 4.81. The first-order valence-corrected chi connectivity index (χ1v) is 11.3. The molecule has 0 saturated carbocycles. The number of carbonyl (C=O) groups is 3. The van der Waals surface area contributed by atoms with Crippen molar-refractivity contribution in [3.8, 4) is 6.07 Å². The van der Waals surface area contributed by atoms with Gasteiger partial charge in [0.2, 0.25) is 11.8 Å². The molecule has 2 aromatic carbocycles. The van der Waals surface area contributed by atoms with Gasteiger partial charge in [-0.05, 0) is 55.0 Å². The van der Waals surface area contributed by atoms with Gasteiger partial charge in [0.1, 0.15) is 12.1 Å². The molecule has 1 aliphatic rings. The van der Waals surface area contributed by atoms with Crippen molar-refractivity contribution in [2.24, 2.45) is 5.92 Å². The van der Waals surface area contributed by atoms with E-state index in [1.54, 1.807) is 53.4 Å². The summed E-state index contributed by atoms with van der Waals surface area (Å²) >= 11 is 0. The summed E-state index contributed by atoms with van der Waals surface area (Å²) in [5.74, 6) is -0.524. The molecule has 3 amide bonds. The van der Waals surface area contributed by atoms with Gasteiger partial charge in [0.15, 0.2) is 0 Å². The molecular weight excluding hydrogens is 416 g/mol. The largest absolute Gasteiger partial charge is 0.350 e. The average molecular weight is 447 g/mol. The number of hydrogen-bond donors (Lipinski definition) is 2. The molecule has 2 aromatic rings. The second-order valence-corrected chi connectivity index (χ2v) is 8.74. The summed E-state index contributed by atoms with van der Waals surface area (Å²) in [5.41, 5.74) is 1.94. The Labute approximate surface area is 194 Å². The van der Waals surface area contributed by atoms with Crippen molar-refractivity contribution in [2.45, 2.75) is 51.7 Å². The first-order valence-electron chi connectivity index (χ1n) is 11.3. The van der Waals surface area contributed by atoms with Crippen LogP contribution in [0.2, 0.25) is 0 Å². The molecule has 0 radical (unpaired) electrons. The molecule has 0 aromatic heterocycles. The van der Waals surface area contributed by atoms with Crippen molar-refractivity contribution >= 4 is 17.7 Å². The number of likely N-dealkylation sites (tertiary alicyclic amines) is 1. The first kappa shape index (κ1) is 24.0. The second kappa shape index (κ2) is 11.3. The first-order chi connectivity index (χ1) is 15.9. The number of amides is 3. The van der Waals surface area contributed by atoms with Crippen molar-refractivity contribution in [3.63, 3.8) is 0 Å². The molecule has 33 heavy (non-hydrogen) atoms. The van der Waals surface area contributed by atoms with Crippen LogP contribution in [-0.2, 0) is 16.1 Å². The second-order valence-electron chi connectivity index (χ2n) is 8.74. The molecule has 2 atom stereocenters. The van der Waals surface area contributed by atoms with Crippen LogP contribution in [0.4, 0.5) is 0 Å². The minimum atomic E-state index is -0.690. The molecule has 1 heterocycles. The van der Waals surface area contributed by atoms with E-state index in [0.29, 0.717) is 37.1 Å². The highest BCUT2D eigenvalue weighted by Crippen LogP contribution is 2.21. The summed E-state index contributed by atoms with van der Waals surface area (Å²) in [5, 5.41) is 14.7. The average Bonchev–Trinajstić information content (AvgIpc) is 3.32. The number of nitriles is 1. The van der Waals surface area contributed by atoms with Crippen molar-refractivity contribution in [2.75, 3.05) is 6.54 Å². The molecule has 2 N–H and O–H groups in total. The van der Waals surface area contributed by atoms with E-state index >= 15 is 0 Å². The molecule has 0 spiro atoms. The molecule has 1 saturated heterocycles. The Morgan fingerprint density at radius 3 is 2.42 bits per heavy atom. The molecule has 0 aliphatic carbocycles. The summed E-state index contributed by atoms with van der Waals surface area (Å²) in [4.78, 5) is 40.6. The van der Waals surface area contributed by atoms with E-state index in [-0.39, 0.29) is 23.6 Å². The lowest BCUT2D eigenvalue weighted by Crippen LogP contribution is -2.53. The highest BCUT2D eigenvalue weighted by molar-refractivity contribution is 5.98. The van der Waals surface area contributed by atoms with Crippen LogP contribution in [0.25, 0.3) is 0 Å². The number of benzene rings is 2. The summed E-state index contributed by atoms with van der Waals surface area (Å²) in [6, 6.07) is 16.6. The third kappa shape index (κ3) is 6.42. The van der Waals surface area contributed by atoms with Gasteiger partial charge in [-0.1, -0.05) is 44.2 Å². The van der Waals surface area contributed by atoms with Crippen molar-refractivity contribution in [1.29, 1.82) is 5.26 Å². The van der Waals surface area contributed by atoms with Crippen LogP contribution in [0.3, 0.4) is 0 Å². The minimum absolute atomic E-state index is 0.196. The topological polar surface area (TPSA) is 102 Å². The van der Waals surface area contributed by atoms with Crippen molar-refractivity contribution < 1.29 is 14.4 Å². The van der Waals surface area contributed by atoms with E-state index in [1.165, 1.54) is 0 Å². The zero-order valence-corrected chi connectivity index (χ0v) is 19.1. The Hall–Kier alpha value is -3.66. The summed E-state index contributed by atoms with van der Waals surface area (Å²) in [7, 11) is 0. The lowest BCUT2D eigenvalue weighted by Gasteiger charge is -2.29. The minimum Gasteiger partial charge on any atom is -0.350 e. The summed E-state index contributed by atoms with van der Waals surface area (Å²) in [6.07, 6.45) is 1.82. The number of nitrogens with zero attached hydrogens (tertiary/aromatic N) is 2. The molecule has 172 valence electrons. The maximum Gasteiger partial charge on any atom is 0.251 e. The van der Waals surface area contributed by atoms with Gasteiger partial charge < -0.3 is 15.5 Å². The smallest absolute Gasteiger partial charge is 0.251 e. The molecular formula is C26H30N4O3. The zero-order chi connectivity index (χ0) is 23.8. The van der Waals surface area contributed by atoms with Gasteiger partial charge in [-0.25, -0.2) is 0 Å². The zero-order valence-electron chi connectivity index (χ0n) is 19.1. The highest BCUT2D eigenvalue weighted by atomic mass is 16.2. The fourth-order valence-corrected chi connectivity index (χ4v) is 4.03. The molecule has 0 bridgehead atoms. The van der Waals surface area contributed by atoms with Crippen LogP contribution >= 0.6 is 0 Å². The molecule has 7 heteroatoms. The van der Waals surface area contributed by atoms with Crippen LogP contribution in [0, 0.1) is 17.2 Å². The number of nitrogens with one attached hydrogen (secondary N) is 2. The van der Waals surface area contributed by atoms with E-state index in [1.807, 2.05) is 19.9 Å². The van der Waals surface area contributed by atoms with Gasteiger partial charge in [0.05, 0.1) is 11.6 Å². The van der Waals surface area contributed by atoms with Crippen LogP contribution in [0.15, 0.2) is 54.6 Å². The molecule has 7 nitrogen and oxygen atoms in total. The van der Waals surface area contributed by atoms with E-state index in [0.717, 1.165) is 12.0 Å². The lowest BCUT2D eigenvalue weighted by atomic mass is 10.0. The molecule has 3 rings (SSSR count). The third-order valence-corrected chi connectivity index (χ3v) is 5.73. The maximum absolute atomic E-state index is 13.4. The van der Waals surface area contributed by atoms with Gasteiger partial charge in [-0.2, -0.15) is 5.26 Å². The predicted octanol–water partition coefficient (Wildman–Crippen LogP) is 3.01. The molecule has 0 unspecified atom stereocenters. The van der Waals surface area contributed by atoms with Gasteiger partial charge in [-0.3, -0.25) is 14.4 Å². The van der Waals surface area contributed by atoms with Crippen molar-refractivity contribution in [1.82, 2.24) is 15.5 Å². The fraction of sp³-hybridized carbons (Fsp3) is 0.385. The number of carbonyl (C=O) groups excluding carboxylic acids is 3. The molecule has 1 aliphatic heterocycles. The van der Waals surface area contributed by atoms with Crippen LogP contribution < -0.4 is 10.6 Å². The standard InChI is InChI=1S/C26H30N4O3/c1-18(2)15-22(29-24(31)21-7-4-3-5-8-21)26(33)30-14-6-9-23(30)25(32)28-17-20-12-10-19(16-27)11-13-20/h3-5,7-8,10-13,18,22-23H,6,9,14-15,17H2,1-2H3,(H,28,32)(H,29,31)/t22-,23-/m0/s1. The van der Waals surface area contributed by atoms with E-state index in [9.17, 15) is 14.4 Å². The predicted molar refractivity (Wildman–Crippen MR) is 125 cm³/mol. The number of hydrogen-bond acceptors (Lipinski definition) is 4. The Morgan fingerprint density at radius 1 is 1.09 bits per heavy atom. The van der Waals surface area contributed by atoms with Crippen LogP contribution in [0.1, 0.15) is 54.6 Å². The maximum atomic E-state index is 13.4. The normalized spacial score (nSPS) is 16.2. The SMILES string of the molecule is CC(C)C[C@H](NC(=O)c1ccccc1)C(=O)N1CCC[C@H]1C(=O)NCc1ccc(C#N)cc1. The monoisotopic (exact) mass is 446 g/mol. The van der Waals surface area contributed by atoms with E-state index in [2.05, 4.69) is 16.7 Å². The van der Waals surface area contributed by atoms with Crippen LogP contribution in [0.5, 0.6) is 0 Å². The molecule has 1 fully saturated rings. The van der Waals surface area contributed by atoms with E-state index < -0.39 is 12.1 Å². The number of rotatable bonds is 8. The third-order valence-electron chi connectivity index (χ3n) is 5.73. The van der Waals surface area contributed by atoms with Crippen molar-refractivity contribution in [3.05, 3.63) is 71.3 Å². The van der Waals surface area contributed by atoms with Gasteiger partial charge in [0.25, 0.3) is 5.91 Å². The van der Waals surface area contributed by atoms with Gasteiger partial charge in [0, 0.05) is 18.7 Å². The van der Waals surface area contributed by atoms with Gasteiger partial charge in [-0.15, -0.1) is 0 Å². The Kier molecular flexibility index (Phi) is 8.20. The quantitative estimate of drug-likeness (QED) is 0.651. The summed E-state index contributed by atoms with van der Waals surface area (Å²) < 4.78 is 0. The van der Waals surface area contributed by atoms with Crippen LogP contribution in [-0.4, -0.2) is 41.2 Å². The highest BCUT2D eigenvalue weighted by Gasteiger charge is 2.37. The van der Waals surface area contributed by atoms with E-state index in [4.69, 9.17) is 5.26 Å². The lowest BCUT2D eigenvalue weighted by molar-refractivity contribution is -0.140. The Bertz CT molecular complexity index is 1010. The Balaban J connectivity index is 1.66.